The van der Waals surface area contributed by atoms with Crippen molar-refractivity contribution < 1.29 is 4.21 Å². The van der Waals surface area contributed by atoms with Gasteiger partial charge >= 0.3 is 0 Å². The van der Waals surface area contributed by atoms with Gasteiger partial charge in [-0.2, -0.15) is 0 Å². The number of hydrogen-bond acceptors (Lipinski definition) is 4. The largest absolute Gasteiger partial charge is 0.310 e. The molecule has 0 aliphatic carbocycles. The lowest BCUT2D eigenvalue weighted by Gasteiger charge is -2.04. The zero-order valence-electron chi connectivity index (χ0n) is 10.1. The van der Waals surface area contributed by atoms with Gasteiger partial charge in [-0.1, -0.05) is 6.92 Å². The Balaban J connectivity index is 1.92. The van der Waals surface area contributed by atoms with E-state index in [1.807, 2.05) is 25.4 Å². The molecule has 17 heavy (non-hydrogen) atoms. The van der Waals surface area contributed by atoms with E-state index in [0.717, 1.165) is 35.3 Å². The van der Waals surface area contributed by atoms with Crippen molar-refractivity contribution in [3.63, 3.8) is 0 Å². The van der Waals surface area contributed by atoms with Crippen LogP contribution in [0.4, 0.5) is 0 Å². The van der Waals surface area contributed by atoms with Gasteiger partial charge in [-0.15, -0.1) is 11.3 Å². The third-order valence-electron chi connectivity index (χ3n) is 2.68. The Kier molecular flexibility index (Phi) is 4.31. The number of nitrogens with one attached hydrogen (secondary N) is 1. The predicted molar refractivity (Wildman–Crippen MR) is 73.1 cm³/mol. The molecule has 0 bridgehead atoms. The van der Waals surface area contributed by atoms with Crippen LogP contribution in [0.25, 0.3) is 4.96 Å². The first-order valence-corrected chi connectivity index (χ1v) is 8.06. The van der Waals surface area contributed by atoms with Crippen molar-refractivity contribution in [1.82, 2.24) is 14.7 Å². The molecule has 1 unspecified atom stereocenters. The number of fused-ring (bicyclic) bond motifs is 1. The third-order valence-corrected chi connectivity index (χ3v) is 4.74. The second-order valence-electron chi connectivity index (χ2n) is 3.81. The predicted octanol–water partition coefficient (Wildman–Crippen LogP) is 1.56. The number of hydrogen-bond donors (Lipinski definition) is 1. The van der Waals surface area contributed by atoms with E-state index in [1.54, 1.807) is 11.3 Å². The lowest BCUT2D eigenvalue weighted by Crippen LogP contribution is -2.21. The van der Waals surface area contributed by atoms with Gasteiger partial charge in [-0.3, -0.25) is 8.61 Å². The summed E-state index contributed by atoms with van der Waals surface area (Å²) in [4.78, 5) is 5.52. The quantitative estimate of drug-likeness (QED) is 0.811. The molecule has 0 saturated carbocycles. The fourth-order valence-electron chi connectivity index (χ4n) is 1.69. The molecule has 2 heterocycles. The van der Waals surface area contributed by atoms with Crippen LogP contribution < -0.4 is 5.32 Å². The van der Waals surface area contributed by atoms with E-state index >= 15 is 0 Å². The van der Waals surface area contributed by atoms with Crippen molar-refractivity contribution in [2.75, 3.05) is 18.1 Å². The Hall–Kier alpha value is -0.720. The van der Waals surface area contributed by atoms with Crippen molar-refractivity contribution in [3.05, 3.63) is 23.0 Å². The molecule has 94 valence electrons. The van der Waals surface area contributed by atoms with E-state index in [-0.39, 0.29) is 0 Å². The lowest BCUT2D eigenvalue weighted by molar-refractivity contribution is 0.669. The maximum atomic E-state index is 11.3. The molecule has 0 radical (unpaired) electrons. The summed E-state index contributed by atoms with van der Waals surface area (Å²) in [6.45, 7) is 5.55. The number of rotatable bonds is 6. The lowest BCUT2D eigenvalue weighted by atomic mass is 10.3. The Morgan fingerprint density at radius 3 is 3.18 bits per heavy atom. The number of aryl methyl sites for hydroxylation is 1. The summed E-state index contributed by atoms with van der Waals surface area (Å²) < 4.78 is 13.4. The van der Waals surface area contributed by atoms with Gasteiger partial charge in [0.15, 0.2) is 4.96 Å². The minimum atomic E-state index is -0.683. The van der Waals surface area contributed by atoms with E-state index in [1.165, 1.54) is 5.69 Å². The van der Waals surface area contributed by atoms with Crippen LogP contribution >= 0.6 is 11.3 Å². The smallest absolute Gasteiger partial charge is 0.194 e. The summed E-state index contributed by atoms with van der Waals surface area (Å²) in [6, 6.07) is 0. The Morgan fingerprint density at radius 1 is 1.59 bits per heavy atom. The van der Waals surface area contributed by atoms with E-state index < -0.39 is 10.8 Å². The second kappa shape index (κ2) is 5.75. The van der Waals surface area contributed by atoms with Crippen LogP contribution in [-0.4, -0.2) is 31.6 Å². The summed E-state index contributed by atoms with van der Waals surface area (Å²) >= 11 is 1.65. The molecule has 1 N–H and O–H groups in total. The highest BCUT2D eigenvalue weighted by Gasteiger charge is 2.08. The van der Waals surface area contributed by atoms with Crippen LogP contribution in [0.1, 0.15) is 18.3 Å². The molecule has 0 aliphatic heterocycles. The molecule has 2 aromatic heterocycles. The molecule has 0 saturated heterocycles. The van der Waals surface area contributed by atoms with Crippen molar-refractivity contribution in [3.8, 4) is 0 Å². The maximum Gasteiger partial charge on any atom is 0.194 e. The van der Waals surface area contributed by atoms with Crippen molar-refractivity contribution in [2.24, 2.45) is 0 Å². The van der Waals surface area contributed by atoms with E-state index in [0.29, 0.717) is 0 Å². The highest BCUT2D eigenvalue weighted by molar-refractivity contribution is 7.84. The molecule has 6 heteroatoms. The van der Waals surface area contributed by atoms with Crippen molar-refractivity contribution in [2.45, 2.75) is 20.4 Å². The number of thiazole rings is 1. The fourth-order valence-corrected chi connectivity index (χ4v) is 3.13. The van der Waals surface area contributed by atoms with Crippen molar-refractivity contribution >= 4 is 27.1 Å². The molecule has 0 amide bonds. The SMILES string of the molecule is CCS(=O)CCNCc1c(C)nc2sccn12. The van der Waals surface area contributed by atoms with Gasteiger partial charge < -0.3 is 5.32 Å². The van der Waals surface area contributed by atoms with Gasteiger partial charge in [0.1, 0.15) is 0 Å². The Morgan fingerprint density at radius 2 is 2.41 bits per heavy atom. The minimum Gasteiger partial charge on any atom is -0.310 e. The highest BCUT2D eigenvalue weighted by atomic mass is 32.2. The van der Waals surface area contributed by atoms with Gasteiger partial charge in [-0.25, -0.2) is 4.98 Å². The third kappa shape index (κ3) is 2.94. The molecule has 2 rings (SSSR count). The monoisotopic (exact) mass is 271 g/mol. The van der Waals surface area contributed by atoms with Gasteiger partial charge in [0.05, 0.1) is 11.4 Å². The second-order valence-corrected chi connectivity index (χ2v) is 6.55. The van der Waals surface area contributed by atoms with Crippen LogP contribution in [0.3, 0.4) is 0 Å². The maximum absolute atomic E-state index is 11.3. The average Bonchev–Trinajstić information content (AvgIpc) is 2.86. The Bertz CT molecular complexity index is 518. The summed E-state index contributed by atoms with van der Waals surface area (Å²) in [6.07, 6.45) is 2.04. The summed E-state index contributed by atoms with van der Waals surface area (Å²) in [7, 11) is -0.683. The first-order chi connectivity index (χ1) is 8.22. The Labute approximate surface area is 108 Å². The number of imidazole rings is 1. The molecule has 0 fully saturated rings. The van der Waals surface area contributed by atoms with E-state index in [4.69, 9.17) is 0 Å². The van der Waals surface area contributed by atoms with Gasteiger partial charge in [0.2, 0.25) is 0 Å². The van der Waals surface area contributed by atoms with Crippen LogP contribution in [0.2, 0.25) is 0 Å². The summed E-state index contributed by atoms with van der Waals surface area (Å²) in [5.74, 6) is 1.46. The summed E-state index contributed by atoms with van der Waals surface area (Å²) in [5.41, 5.74) is 2.27. The topological polar surface area (TPSA) is 46.4 Å². The van der Waals surface area contributed by atoms with E-state index in [9.17, 15) is 4.21 Å². The van der Waals surface area contributed by atoms with Crippen molar-refractivity contribution in [1.29, 1.82) is 0 Å². The molecule has 0 aliphatic rings. The standard InChI is InChI=1S/C11H17N3OS2/c1-3-17(15)7-4-12-8-10-9(2)13-11-14(10)5-6-16-11/h5-6,12H,3-4,7-8H2,1-2H3. The van der Waals surface area contributed by atoms with Gasteiger partial charge in [-0.05, 0) is 6.92 Å². The van der Waals surface area contributed by atoms with Crippen LogP contribution in [0.15, 0.2) is 11.6 Å². The fraction of sp³-hybridized carbons (Fsp3) is 0.545. The van der Waals surface area contributed by atoms with Crippen LogP contribution in [-0.2, 0) is 17.3 Å². The number of nitrogens with zero attached hydrogens (tertiary/aromatic N) is 2. The zero-order valence-corrected chi connectivity index (χ0v) is 11.7. The molecule has 2 aromatic rings. The molecular formula is C11H17N3OS2. The van der Waals surface area contributed by atoms with Crippen LogP contribution in [0.5, 0.6) is 0 Å². The minimum absolute atomic E-state index is 0.683. The molecular weight excluding hydrogens is 254 g/mol. The molecule has 0 aromatic carbocycles. The number of aromatic nitrogens is 2. The summed E-state index contributed by atoms with van der Waals surface area (Å²) in [5, 5.41) is 5.37. The molecule has 0 spiro atoms. The van der Waals surface area contributed by atoms with E-state index in [2.05, 4.69) is 14.7 Å². The van der Waals surface area contributed by atoms with Crippen LogP contribution in [0, 0.1) is 6.92 Å². The zero-order chi connectivity index (χ0) is 12.3. The average molecular weight is 271 g/mol. The first kappa shape index (κ1) is 12.7. The normalized spacial score (nSPS) is 13.3. The van der Waals surface area contributed by atoms with Gasteiger partial charge in [0, 0.05) is 47.0 Å². The molecule has 1 atom stereocenters. The highest BCUT2D eigenvalue weighted by Crippen LogP contribution is 2.16. The first-order valence-electron chi connectivity index (χ1n) is 5.69. The molecule has 4 nitrogen and oxygen atoms in total. The van der Waals surface area contributed by atoms with Gasteiger partial charge in [0.25, 0.3) is 0 Å².